The van der Waals surface area contributed by atoms with E-state index in [-0.39, 0.29) is 0 Å². The van der Waals surface area contributed by atoms with Crippen molar-refractivity contribution < 1.29 is 9.30 Å². The molecule has 5 heteroatoms. The standard InChI is InChI=1S/C30H39N3OS/c1-19(2)24-12-10-13-25(20(3)4)28(24)32-16-17-33(30(32)34-23(9)18-31-35)29-26(21(5)6)14-11-15-27(29)22(7)8/h10-22H,9H2,1-8H3/b31-18-. The fourth-order valence-electron chi connectivity index (χ4n) is 4.60. The molecule has 4 nitrogen and oxygen atoms in total. The summed E-state index contributed by atoms with van der Waals surface area (Å²) in [5.41, 5.74) is 7.39. The predicted octanol–water partition coefficient (Wildman–Crippen LogP) is 7.67. The number of hydrogen-bond acceptors (Lipinski definition) is 3. The van der Waals surface area contributed by atoms with Crippen LogP contribution in [0.5, 0.6) is 6.01 Å². The average Bonchev–Trinajstić information content (AvgIpc) is 3.20. The largest absolute Gasteiger partial charge is 0.669 e. The Hall–Kier alpha value is -2.92. The van der Waals surface area contributed by atoms with Gasteiger partial charge in [-0.05, 0) is 23.7 Å². The highest BCUT2D eigenvalue weighted by molar-refractivity contribution is 7.57. The number of imidazole rings is 1. The van der Waals surface area contributed by atoms with E-state index in [0.717, 1.165) is 11.4 Å². The number of hydrogen-bond donors (Lipinski definition) is 0. The molecule has 0 radical (unpaired) electrons. The zero-order chi connectivity index (χ0) is 25.9. The zero-order valence-electron chi connectivity index (χ0n) is 22.4. The molecule has 0 aliphatic carbocycles. The van der Waals surface area contributed by atoms with Crippen LogP contribution in [0.4, 0.5) is 0 Å². The molecule has 0 atom stereocenters. The maximum atomic E-state index is 6.42. The minimum atomic E-state index is 0.346. The summed E-state index contributed by atoms with van der Waals surface area (Å²) in [6.45, 7) is 21.9. The van der Waals surface area contributed by atoms with Gasteiger partial charge >= 0.3 is 6.01 Å². The van der Waals surface area contributed by atoms with Gasteiger partial charge in [-0.25, -0.2) is 0 Å². The van der Waals surface area contributed by atoms with Crippen molar-refractivity contribution in [3.63, 3.8) is 0 Å². The van der Waals surface area contributed by atoms with Crippen LogP contribution in [0.2, 0.25) is 0 Å². The van der Waals surface area contributed by atoms with Gasteiger partial charge in [0.1, 0.15) is 29.5 Å². The van der Waals surface area contributed by atoms with E-state index >= 15 is 0 Å². The Morgan fingerprint density at radius 2 is 1.31 bits per heavy atom. The highest BCUT2D eigenvalue weighted by Gasteiger charge is 2.31. The number of ether oxygens (including phenoxy) is 1. The van der Waals surface area contributed by atoms with E-state index in [1.165, 1.54) is 28.5 Å². The molecule has 3 rings (SSSR count). The van der Waals surface area contributed by atoms with E-state index in [0.29, 0.717) is 35.4 Å². The molecule has 0 saturated carbocycles. The zero-order valence-corrected chi connectivity index (χ0v) is 23.2. The summed E-state index contributed by atoms with van der Waals surface area (Å²) >= 11 is 4.81. The molecule has 0 aliphatic rings. The first kappa shape index (κ1) is 26.7. The van der Waals surface area contributed by atoms with Crippen LogP contribution in [-0.2, 0) is 12.8 Å². The number of aromatic nitrogens is 2. The van der Waals surface area contributed by atoms with E-state index in [4.69, 9.17) is 17.6 Å². The van der Waals surface area contributed by atoms with Crippen molar-refractivity contribution in [3.8, 4) is 17.4 Å². The van der Waals surface area contributed by atoms with Crippen LogP contribution in [0.15, 0.2) is 65.5 Å². The topological polar surface area (TPSA) is 30.4 Å². The number of rotatable bonds is 9. The second-order valence-electron chi connectivity index (χ2n) is 10.3. The van der Waals surface area contributed by atoms with Gasteiger partial charge in [0, 0.05) is 28.5 Å². The minimum Gasteiger partial charge on any atom is -0.669 e. The lowest BCUT2D eigenvalue weighted by Gasteiger charge is -2.19. The molecule has 0 bridgehead atoms. The Kier molecular flexibility index (Phi) is 8.55. The summed E-state index contributed by atoms with van der Waals surface area (Å²) in [5.74, 6) is 1.78. The van der Waals surface area contributed by atoms with Gasteiger partial charge in [-0.2, -0.15) is 9.13 Å². The van der Waals surface area contributed by atoms with Gasteiger partial charge < -0.3 is 21.9 Å². The first-order valence-corrected chi connectivity index (χ1v) is 12.9. The van der Waals surface area contributed by atoms with Crippen molar-refractivity contribution in [3.05, 3.63) is 83.4 Å². The fourth-order valence-corrected chi connectivity index (χ4v) is 4.72. The van der Waals surface area contributed by atoms with Crippen LogP contribution in [-0.4, -0.2) is 10.8 Å². The monoisotopic (exact) mass is 489 g/mol. The van der Waals surface area contributed by atoms with Crippen LogP contribution in [0.25, 0.3) is 11.4 Å². The molecular formula is C30H39N3OS. The lowest BCUT2D eigenvalue weighted by Crippen LogP contribution is -2.35. The Morgan fingerprint density at radius 1 is 0.857 bits per heavy atom. The summed E-state index contributed by atoms with van der Waals surface area (Å²) < 4.78 is 14.5. The second kappa shape index (κ2) is 11.2. The van der Waals surface area contributed by atoms with Crippen LogP contribution in [0.1, 0.15) is 101 Å². The van der Waals surface area contributed by atoms with Gasteiger partial charge in [0.2, 0.25) is 0 Å². The fraction of sp³-hybridized carbons (Fsp3) is 0.400. The number of allylic oxidation sites excluding steroid dienone is 1. The number of para-hydroxylation sites is 2. The van der Waals surface area contributed by atoms with Gasteiger partial charge in [-0.1, -0.05) is 98.4 Å². The number of nitrogens with zero attached hydrogens (tertiary/aromatic N) is 3. The third-order valence-corrected chi connectivity index (χ3v) is 6.47. The van der Waals surface area contributed by atoms with E-state index in [9.17, 15) is 0 Å². The minimum absolute atomic E-state index is 0.346. The third kappa shape index (κ3) is 5.51. The van der Waals surface area contributed by atoms with Gasteiger partial charge in [0.05, 0.1) is 0 Å². The van der Waals surface area contributed by atoms with Gasteiger partial charge in [0.25, 0.3) is 0 Å². The highest BCUT2D eigenvalue weighted by atomic mass is 32.1. The predicted molar refractivity (Wildman–Crippen MR) is 149 cm³/mol. The summed E-state index contributed by atoms with van der Waals surface area (Å²) in [6, 6.07) is 13.8. The Balaban J connectivity index is 2.43. The Bertz CT molecular complexity index is 1080. The van der Waals surface area contributed by atoms with Crippen molar-refractivity contribution >= 4 is 19.0 Å². The molecule has 0 aliphatic heterocycles. The van der Waals surface area contributed by atoms with Crippen molar-refractivity contribution in [1.82, 2.24) is 4.57 Å². The Morgan fingerprint density at radius 3 is 1.74 bits per heavy atom. The van der Waals surface area contributed by atoms with Crippen LogP contribution in [0, 0.1) is 0 Å². The molecule has 3 aromatic rings. The lowest BCUT2D eigenvalue weighted by molar-refractivity contribution is -0.602. The molecule has 0 fully saturated rings. The molecule has 186 valence electrons. The lowest BCUT2D eigenvalue weighted by atomic mass is 9.92. The summed E-state index contributed by atoms with van der Waals surface area (Å²) in [4.78, 5) is 0. The van der Waals surface area contributed by atoms with Crippen molar-refractivity contribution in [2.45, 2.75) is 79.1 Å². The quantitative estimate of drug-likeness (QED) is 0.134. The van der Waals surface area contributed by atoms with E-state index < -0.39 is 0 Å². The van der Waals surface area contributed by atoms with Gasteiger partial charge in [-0.3, -0.25) is 0 Å². The molecule has 0 N–H and O–H groups in total. The maximum absolute atomic E-state index is 6.42. The van der Waals surface area contributed by atoms with E-state index in [1.54, 1.807) is 0 Å². The molecule has 1 aromatic heterocycles. The molecule has 1 heterocycles. The van der Waals surface area contributed by atoms with Crippen LogP contribution in [0.3, 0.4) is 0 Å². The SMILES string of the molecule is C=C(/C=N\[S-])Oc1n(-c2c(C(C)C)cccc2C(C)C)cc[n+]1-c1c(C(C)C)cccc1C(C)C. The second-order valence-corrected chi connectivity index (χ2v) is 10.5. The number of benzene rings is 2. The molecule has 2 aromatic carbocycles. The Labute approximate surface area is 216 Å². The van der Waals surface area contributed by atoms with Gasteiger partial charge in [-0.15, -0.1) is 0 Å². The van der Waals surface area contributed by atoms with Crippen molar-refractivity contribution in [2.24, 2.45) is 4.40 Å². The molecular weight excluding hydrogens is 450 g/mol. The summed E-state index contributed by atoms with van der Waals surface area (Å²) in [6.07, 6.45) is 5.68. The maximum Gasteiger partial charge on any atom is 0.472 e. The molecule has 0 spiro atoms. The highest BCUT2D eigenvalue weighted by Crippen LogP contribution is 2.35. The third-order valence-electron chi connectivity index (χ3n) is 6.36. The molecule has 0 saturated heterocycles. The van der Waals surface area contributed by atoms with Crippen LogP contribution >= 0.6 is 0 Å². The van der Waals surface area contributed by atoms with Gasteiger partial charge in [0.15, 0.2) is 0 Å². The van der Waals surface area contributed by atoms with Crippen LogP contribution < -0.4 is 9.30 Å². The molecule has 0 amide bonds. The first-order valence-electron chi connectivity index (χ1n) is 12.5. The summed E-state index contributed by atoms with van der Waals surface area (Å²) in [7, 11) is 0. The summed E-state index contributed by atoms with van der Waals surface area (Å²) in [5, 5.41) is 0. The normalized spacial score (nSPS) is 12.0. The smallest absolute Gasteiger partial charge is 0.472 e. The van der Waals surface area contributed by atoms with E-state index in [2.05, 4.69) is 124 Å². The molecule has 35 heavy (non-hydrogen) atoms. The van der Waals surface area contributed by atoms with Crippen molar-refractivity contribution in [2.75, 3.05) is 0 Å². The average molecular weight is 490 g/mol. The molecule has 0 unspecified atom stereocenters. The van der Waals surface area contributed by atoms with Crippen molar-refractivity contribution in [1.29, 1.82) is 0 Å². The van der Waals surface area contributed by atoms with E-state index in [1.807, 2.05) is 0 Å². The first-order chi connectivity index (χ1) is 16.6.